The van der Waals surface area contributed by atoms with E-state index in [1.165, 1.54) is 6.42 Å². The van der Waals surface area contributed by atoms with Gasteiger partial charge in [-0.3, -0.25) is 4.90 Å². The van der Waals surface area contributed by atoms with E-state index in [0.717, 1.165) is 25.9 Å². The van der Waals surface area contributed by atoms with E-state index in [4.69, 9.17) is 4.52 Å². The van der Waals surface area contributed by atoms with E-state index in [2.05, 4.69) is 20.4 Å². The predicted octanol–water partition coefficient (Wildman–Crippen LogP) is 0.680. The molecule has 1 N–H and O–H groups in total. The number of nitrogens with one attached hydrogen (secondary N) is 1. The average Bonchev–Trinajstić information content (AvgIpc) is 3.03. The van der Waals surface area contributed by atoms with Gasteiger partial charge in [-0.05, 0) is 39.8 Å². The van der Waals surface area contributed by atoms with Crippen molar-refractivity contribution in [2.75, 3.05) is 24.6 Å². The minimum atomic E-state index is -2.99. The van der Waals surface area contributed by atoms with E-state index in [1.54, 1.807) is 6.92 Å². The highest BCUT2D eigenvalue weighted by Crippen LogP contribution is 2.24. The fourth-order valence-corrected chi connectivity index (χ4v) is 5.44. The van der Waals surface area contributed by atoms with Gasteiger partial charge in [0.05, 0.1) is 17.5 Å². The lowest BCUT2D eigenvalue weighted by Gasteiger charge is -2.35. The van der Waals surface area contributed by atoms with E-state index in [0.29, 0.717) is 11.7 Å². The highest BCUT2D eigenvalue weighted by molar-refractivity contribution is 7.91. The molecule has 2 aliphatic rings. The lowest BCUT2D eigenvalue weighted by Crippen LogP contribution is -2.51. The first-order valence-corrected chi connectivity index (χ1v) is 9.77. The summed E-state index contributed by atoms with van der Waals surface area (Å²) in [5.74, 6) is 1.54. The molecule has 1 aromatic heterocycles. The third kappa shape index (κ3) is 3.49. The summed E-state index contributed by atoms with van der Waals surface area (Å²) < 4.78 is 29.4. The Balaban J connectivity index is 1.71. The van der Waals surface area contributed by atoms with Crippen LogP contribution in [0.15, 0.2) is 4.52 Å². The summed E-state index contributed by atoms with van der Waals surface area (Å²) in [5.41, 5.74) is 0. The number of likely N-dealkylation sites (tertiary alicyclic amines) is 1. The third-order valence-corrected chi connectivity index (χ3v) is 6.28. The van der Waals surface area contributed by atoms with Gasteiger partial charge in [0.2, 0.25) is 5.89 Å². The molecule has 7 nitrogen and oxygen atoms in total. The van der Waals surface area contributed by atoms with E-state index in [9.17, 15) is 8.42 Å². The van der Waals surface area contributed by atoms with Crippen molar-refractivity contribution in [3.63, 3.8) is 0 Å². The van der Waals surface area contributed by atoms with Crippen LogP contribution in [0, 0.1) is 6.92 Å². The number of aryl methyl sites for hydroxylation is 1. The van der Waals surface area contributed by atoms with E-state index < -0.39 is 9.84 Å². The van der Waals surface area contributed by atoms with Gasteiger partial charge in [0.25, 0.3) is 0 Å². The summed E-state index contributed by atoms with van der Waals surface area (Å²) >= 11 is 0. The van der Waals surface area contributed by atoms with Crippen molar-refractivity contribution in [3.8, 4) is 0 Å². The second kappa shape index (κ2) is 6.25. The summed E-state index contributed by atoms with van der Waals surface area (Å²) in [4.78, 5) is 6.55. The predicted molar refractivity (Wildman–Crippen MR) is 82.2 cm³/mol. The van der Waals surface area contributed by atoms with Crippen LogP contribution in [0.3, 0.4) is 0 Å². The standard InChI is InChI=1S/C14H24N4O3S/c1-10(14-16-11(2)17-21-14)15-12-8-22(19,20)9-13(12)18-6-4-3-5-7-18/h10,12-13,15H,3-9H2,1-2H3/t10-,12+,13-/m0/s1. The van der Waals surface area contributed by atoms with E-state index in [-0.39, 0.29) is 29.6 Å². The first-order valence-electron chi connectivity index (χ1n) is 7.95. The lowest BCUT2D eigenvalue weighted by atomic mass is 10.0. The molecular formula is C14H24N4O3S. The molecule has 22 heavy (non-hydrogen) atoms. The number of sulfone groups is 1. The normalized spacial score (nSPS) is 30.5. The molecule has 2 saturated heterocycles. The Morgan fingerprint density at radius 1 is 1.27 bits per heavy atom. The minimum absolute atomic E-state index is 0.0526. The van der Waals surface area contributed by atoms with Crippen molar-refractivity contribution in [1.29, 1.82) is 0 Å². The van der Waals surface area contributed by atoms with Gasteiger partial charge in [0.15, 0.2) is 15.7 Å². The van der Waals surface area contributed by atoms with Crippen molar-refractivity contribution in [1.82, 2.24) is 20.4 Å². The number of nitrogens with zero attached hydrogens (tertiary/aromatic N) is 3. The topological polar surface area (TPSA) is 88.3 Å². The molecule has 0 aliphatic carbocycles. The second-order valence-corrected chi connectivity index (χ2v) is 8.57. The zero-order valence-corrected chi connectivity index (χ0v) is 14.0. The molecule has 0 amide bonds. The van der Waals surface area contributed by atoms with Crippen LogP contribution >= 0.6 is 0 Å². The lowest BCUT2D eigenvalue weighted by molar-refractivity contribution is 0.149. The van der Waals surface area contributed by atoms with Gasteiger partial charge in [0, 0.05) is 12.1 Å². The van der Waals surface area contributed by atoms with E-state index in [1.807, 2.05) is 6.92 Å². The van der Waals surface area contributed by atoms with Gasteiger partial charge in [-0.1, -0.05) is 11.6 Å². The van der Waals surface area contributed by atoms with Crippen LogP contribution < -0.4 is 5.32 Å². The molecule has 3 heterocycles. The highest BCUT2D eigenvalue weighted by Gasteiger charge is 2.41. The molecule has 0 radical (unpaired) electrons. The maximum atomic E-state index is 12.1. The minimum Gasteiger partial charge on any atom is -0.338 e. The molecule has 2 fully saturated rings. The molecule has 0 saturated carbocycles. The first kappa shape index (κ1) is 15.9. The Morgan fingerprint density at radius 3 is 2.64 bits per heavy atom. The van der Waals surface area contributed by atoms with Gasteiger partial charge < -0.3 is 9.84 Å². The zero-order valence-electron chi connectivity index (χ0n) is 13.2. The molecule has 0 bridgehead atoms. The maximum absolute atomic E-state index is 12.1. The molecule has 0 unspecified atom stereocenters. The van der Waals surface area contributed by atoms with Crippen molar-refractivity contribution in [3.05, 3.63) is 11.7 Å². The number of rotatable bonds is 4. The zero-order chi connectivity index (χ0) is 15.7. The van der Waals surface area contributed by atoms with Crippen molar-refractivity contribution >= 4 is 9.84 Å². The fraction of sp³-hybridized carbons (Fsp3) is 0.857. The highest BCUT2D eigenvalue weighted by atomic mass is 32.2. The first-order chi connectivity index (χ1) is 10.4. The summed E-state index contributed by atoms with van der Waals surface area (Å²) in [6.07, 6.45) is 3.55. The largest absolute Gasteiger partial charge is 0.338 e. The molecular weight excluding hydrogens is 304 g/mol. The molecule has 1 aromatic rings. The summed E-state index contributed by atoms with van der Waals surface area (Å²) in [7, 11) is -2.99. The Bertz CT molecular complexity index is 609. The average molecular weight is 328 g/mol. The van der Waals surface area contributed by atoms with Crippen LogP contribution in [-0.4, -0.2) is 60.1 Å². The molecule has 8 heteroatoms. The third-order valence-electron chi connectivity index (χ3n) is 4.56. The molecule has 3 atom stereocenters. The van der Waals surface area contributed by atoms with Crippen molar-refractivity contribution in [2.24, 2.45) is 0 Å². The van der Waals surface area contributed by atoms with Crippen LogP contribution in [0.5, 0.6) is 0 Å². The number of aromatic nitrogens is 2. The van der Waals surface area contributed by atoms with Crippen LogP contribution in [0.1, 0.15) is 43.9 Å². The maximum Gasteiger partial charge on any atom is 0.243 e. The SMILES string of the molecule is Cc1noc([C@H](C)N[C@@H]2CS(=O)(=O)C[C@@H]2N2CCCCC2)n1. The van der Waals surface area contributed by atoms with Gasteiger partial charge in [-0.15, -0.1) is 0 Å². The summed E-state index contributed by atoms with van der Waals surface area (Å²) in [5, 5.41) is 7.19. The second-order valence-electron chi connectivity index (χ2n) is 6.42. The molecule has 0 spiro atoms. The molecule has 0 aromatic carbocycles. The summed E-state index contributed by atoms with van der Waals surface area (Å²) in [6.45, 7) is 5.69. The Hall–Kier alpha value is -0.990. The van der Waals surface area contributed by atoms with Crippen molar-refractivity contribution < 1.29 is 12.9 Å². The smallest absolute Gasteiger partial charge is 0.243 e. The van der Waals surface area contributed by atoms with Crippen LogP contribution in [-0.2, 0) is 9.84 Å². The van der Waals surface area contributed by atoms with Gasteiger partial charge in [0.1, 0.15) is 0 Å². The molecule has 124 valence electrons. The Kier molecular flexibility index (Phi) is 4.52. The fourth-order valence-electron chi connectivity index (χ4n) is 3.48. The van der Waals surface area contributed by atoms with Gasteiger partial charge in [-0.25, -0.2) is 8.42 Å². The quantitative estimate of drug-likeness (QED) is 0.869. The number of piperidine rings is 1. The number of hydrogen-bond donors (Lipinski definition) is 1. The summed E-state index contributed by atoms with van der Waals surface area (Å²) in [6, 6.07) is -0.172. The van der Waals surface area contributed by atoms with Gasteiger partial charge in [-0.2, -0.15) is 4.98 Å². The van der Waals surface area contributed by atoms with Gasteiger partial charge >= 0.3 is 0 Å². The van der Waals surface area contributed by atoms with Crippen LogP contribution in [0.25, 0.3) is 0 Å². The van der Waals surface area contributed by atoms with Crippen molar-refractivity contribution in [2.45, 2.75) is 51.2 Å². The Labute approximate surface area is 131 Å². The Morgan fingerprint density at radius 2 is 2.00 bits per heavy atom. The monoisotopic (exact) mass is 328 g/mol. The molecule has 3 rings (SSSR count). The van der Waals surface area contributed by atoms with E-state index >= 15 is 0 Å². The molecule has 2 aliphatic heterocycles. The van der Waals surface area contributed by atoms with Crippen LogP contribution in [0.2, 0.25) is 0 Å². The number of hydrogen-bond acceptors (Lipinski definition) is 7. The van der Waals surface area contributed by atoms with Crippen LogP contribution in [0.4, 0.5) is 0 Å².